The number of rotatable bonds is 3. The maximum atomic E-state index is 5.26. The van der Waals surface area contributed by atoms with Crippen LogP contribution in [0.4, 0.5) is 0 Å². The van der Waals surface area contributed by atoms with E-state index in [1.165, 1.54) is 24.9 Å². The van der Waals surface area contributed by atoms with Gasteiger partial charge in [0.05, 0.1) is 7.11 Å². The lowest BCUT2D eigenvalue weighted by atomic mass is 10.0. The van der Waals surface area contributed by atoms with E-state index in [2.05, 4.69) is 30.0 Å². The van der Waals surface area contributed by atoms with Gasteiger partial charge in [-0.1, -0.05) is 19.1 Å². The molecule has 0 bridgehead atoms. The van der Waals surface area contributed by atoms with Gasteiger partial charge in [0, 0.05) is 6.04 Å². The predicted molar refractivity (Wildman–Crippen MR) is 62.2 cm³/mol. The van der Waals surface area contributed by atoms with Crippen molar-refractivity contribution >= 4 is 0 Å². The second-order valence-electron chi connectivity index (χ2n) is 4.06. The van der Waals surface area contributed by atoms with Gasteiger partial charge in [0.15, 0.2) is 0 Å². The van der Waals surface area contributed by atoms with Crippen molar-refractivity contribution in [3.63, 3.8) is 0 Å². The molecular formula is C13H19NO. The molecule has 0 radical (unpaired) electrons. The molecule has 1 aromatic carbocycles. The number of hydrogen-bond acceptors (Lipinski definition) is 2. The molecule has 2 nitrogen and oxygen atoms in total. The Labute approximate surface area is 91.9 Å². The molecule has 0 spiro atoms. The number of benzene rings is 1. The van der Waals surface area contributed by atoms with E-state index in [9.17, 15) is 0 Å². The van der Waals surface area contributed by atoms with Crippen molar-refractivity contribution in [3.8, 4) is 5.75 Å². The highest BCUT2D eigenvalue weighted by atomic mass is 16.5. The summed E-state index contributed by atoms with van der Waals surface area (Å²) in [5.41, 5.74) is 1.40. The van der Waals surface area contributed by atoms with Crippen LogP contribution in [-0.4, -0.2) is 25.1 Å². The number of hydrogen-bond donors (Lipinski definition) is 0. The summed E-state index contributed by atoms with van der Waals surface area (Å²) in [4.78, 5) is 2.54. The molecule has 1 unspecified atom stereocenters. The summed E-state index contributed by atoms with van der Waals surface area (Å²) in [6, 6.07) is 9.07. The number of ether oxygens (including phenoxy) is 1. The fourth-order valence-electron chi connectivity index (χ4n) is 2.43. The Morgan fingerprint density at radius 2 is 2.33 bits per heavy atom. The summed E-state index contributed by atoms with van der Waals surface area (Å²) in [5, 5.41) is 0. The van der Waals surface area contributed by atoms with E-state index in [1.54, 1.807) is 7.11 Å². The summed E-state index contributed by atoms with van der Waals surface area (Å²) in [5.74, 6) is 0.968. The smallest absolute Gasteiger partial charge is 0.119 e. The molecule has 0 aromatic heterocycles. The minimum absolute atomic E-state index is 0.602. The second kappa shape index (κ2) is 4.67. The van der Waals surface area contributed by atoms with Gasteiger partial charge in [-0.05, 0) is 43.6 Å². The first-order chi connectivity index (χ1) is 7.35. The summed E-state index contributed by atoms with van der Waals surface area (Å²) in [6.45, 7) is 4.61. The highest BCUT2D eigenvalue weighted by molar-refractivity contribution is 5.31. The Hall–Kier alpha value is -1.02. The summed E-state index contributed by atoms with van der Waals surface area (Å²) < 4.78 is 5.26. The van der Waals surface area contributed by atoms with Crippen LogP contribution in [-0.2, 0) is 0 Å². The van der Waals surface area contributed by atoms with Crippen LogP contribution in [0.3, 0.4) is 0 Å². The third-order valence-electron chi connectivity index (χ3n) is 3.25. The predicted octanol–water partition coefficient (Wildman–Crippen LogP) is 2.85. The van der Waals surface area contributed by atoms with Crippen molar-refractivity contribution in [1.29, 1.82) is 0 Å². The second-order valence-corrected chi connectivity index (χ2v) is 4.06. The van der Waals surface area contributed by atoms with Crippen LogP contribution in [0.5, 0.6) is 5.75 Å². The van der Waals surface area contributed by atoms with Gasteiger partial charge in [-0.25, -0.2) is 0 Å². The zero-order valence-corrected chi connectivity index (χ0v) is 9.57. The molecule has 1 aliphatic rings. The van der Waals surface area contributed by atoms with Crippen LogP contribution in [0.2, 0.25) is 0 Å². The molecular weight excluding hydrogens is 186 g/mol. The van der Waals surface area contributed by atoms with Crippen LogP contribution < -0.4 is 4.74 Å². The fourth-order valence-corrected chi connectivity index (χ4v) is 2.43. The van der Waals surface area contributed by atoms with Crippen molar-refractivity contribution in [3.05, 3.63) is 29.8 Å². The zero-order valence-electron chi connectivity index (χ0n) is 9.57. The first-order valence-electron chi connectivity index (χ1n) is 5.73. The van der Waals surface area contributed by atoms with Crippen molar-refractivity contribution in [2.45, 2.75) is 25.8 Å². The van der Waals surface area contributed by atoms with Crippen LogP contribution >= 0.6 is 0 Å². The molecule has 0 amide bonds. The lowest BCUT2D eigenvalue weighted by Gasteiger charge is -2.23. The Bertz CT molecular complexity index is 324. The van der Waals surface area contributed by atoms with Gasteiger partial charge in [-0.15, -0.1) is 0 Å². The number of nitrogens with zero attached hydrogens (tertiary/aromatic N) is 1. The molecule has 1 fully saturated rings. The average molecular weight is 205 g/mol. The molecule has 2 rings (SSSR count). The van der Waals surface area contributed by atoms with Crippen molar-refractivity contribution in [2.24, 2.45) is 0 Å². The topological polar surface area (TPSA) is 12.5 Å². The lowest BCUT2D eigenvalue weighted by molar-refractivity contribution is 0.271. The summed E-state index contributed by atoms with van der Waals surface area (Å²) in [7, 11) is 1.73. The third kappa shape index (κ3) is 2.15. The van der Waals surface area contributed by atoms with Gasteiger partial charge in [-0.3, -0.25) is 4.90 Å². The van der Waals surface area contributed by atoms with Gasteiger partial charge in [0.1, 0.15) is 5.75 Å². The van der Waals surface area contributed by atoms with Crippen LogP contribution in [0, 0.1) is 0 Å². The molecule has 0 saturated carbocycles. The molecule has 15 heavy (non-hydrogen) atoms. The fraction of sp³-hybridized carbons (Fsp3) is 0.538. The quantitative estimate of drug-likeness (QED) is 0.752. The number of likely N-dealkylation sites (tertiary alicyclic amines) is 1. The highest BCUT2D eigenvalue weighted by Gasteiger charge is 2.24. The van der Waals surface area contributed by atoms with Crippen molar-refractivity contribution in [1.82, 2.24) is 4.90 Å². The molecule has 82 valence electrons. The molecule has 0 N–H and O–H groups in total. The maximum absolute atomic E-state index is 5.26. The summed E-state index contributed by atoms with van der Waals surface area (Å²) >= 11 is 0. The van der Waals surface area contributed by atoms with E-state index in [4.69, 9.17) is 4.74 Å². The zero-order chi connectivity index (χ0) is 10.7. The molecule has 0 aliphatic carbocycles. The average Bonchev–Trinajstić information content (AvgIpc) is 2.77. The van der Waals surface area contributed by atoms with E-state index in [0.29, 0.717) is 6.04 Å². The van der Waals surface area contributed by atoms with E-state index >= 15 is 0 Å². The Morgan fingerprint density at radius 3 is 3.07 bits per heavy atom. The van der Waals surface area contributed by atoms with Gasteiger partial charge in [-0.2, -0.15) is 0 Å². The molecule has 1 saturated heterocycles. The van der Waals surface area contributed by atoms with Gasteiger partial charge < -0.3 is 4.74 Å². The highest BCUT2D eigenvalue weighted by Crippen LogP contribution is 2.32. The first kappa shape index (κ1) is 10.5. The Morgan fingerprint density at radius 1 is 1.47 bits per heavy atom. The first-order valence-corrected chi connectivity index (χ1v) is 5.73. The van der Waals surface area contributed by atoms with Gasteiger partial charge in [0.25, 0.3) is 0 Å². The molecule has 1 heterocycles. The van der Waals surface area contributed by atoms with E-state index in [1.807, 2.05) is 6.07 Å². The van der Waals surface area contributed by atoms with E-state index < -0.39 is 0 Å². The largest absolute Gasteiger partial charge is 0.497 e. The molecule has 2 heteroatoms. The van der Waals surface area contributed by atoms with Crippen LogP contribution in [0.1, 0.15) is 31.4 Å². The van der Waals surface area contributed by atoms with Gasteiger partial charge >= 0.3 is 0 Å². The molecule has 1 atom stereocenters. The SMILES string of the molecule is CCN1CCCC1c1cccc(OC)c1. The Balaban J connectivity index is 2.20. The minimum Gasteiger partial charge on any atom is -0.497 e. The van der Waals surface area contributed by atoms with E-state index in [0.717, 1.165) is 12.3 Å². The minimum atomic E-state index is 0.602. The number of methoxy groups -OCH3 is 1. The monoisotopic (exact) mass is 205 g/mol. The van der Waals surface area contributed by atoms with Crippen molar-refractivity contribution < 1.29 is 4.74 Å². The lowest BCUT2D eigenvalue weighted by Crippen LogP contribution is -2.22. The van der Waals surface area contributed by atoms with Gasteiger partial charge in [0.2, 0.25) is 0 Å². The molecule has 1 aromatic rings. The Kier molecular flexibility index (Phi) is 3.27. The normalized spacial score (nSPS) is 21.9. The summed E-state index contributed by atoms with van der Waals surface area (Å²) in [6.07, 6.45) is 2.59. The van der Waals surface area contributed by atoms with Crippen LogP contribution in [0.25, 0.3) is 0 Å². The molecule has 1 aliphatic heterocycles. The standard InChI is InChI=1S/C13H19NO/c1-3-14-9-5-8-13(14)11-6-4-7-12(10-11)15-2/h4,6-7,10,13H,3,5,8-9H2,1-2H3. The maximum Gasteiger partial charge on any atom is 0.119 e. The third-order valence-corrected chi connectivity index (χ3v) is 3.25. The van der Waals surface area contributed by atoms with E-state index in [-0.39, 0.29) is 0 Å². The van der Waals surface area contributed by atoms with Crippen LogP contribution in [0.15, 0.2) is 24.3 Å². The van der Waals surface area contributed by atoms with Crippen molar-refractivity contribution in [2.75, 3.05) is 20.2 Å².